The Kier molecular flexibility index (Phi) is 5.60. The largest absolute Gasteiger partial charge is 0.454 e. The van der Waals surface area contributed by atoms with Gasteiger partial charge in [0, 0.05) is 10.2 Å². The molecule has 0 radical (unpaired) electrons. The zero-order chi connectivity index (χ0) is 20.4. The number of hydrogen-bond acceptors (Lipinski definition) is 5. The third-order valence-corrected chi connectivity index (χ3v) is 4.80. The van der Waals surface area contributed by atoms with Gasteiger partial charge in [0.05, 0.1) is 11.1 Å². The van der Waals surface area contributed by atoms with Crippen LogP contribution in [0.3, 0.4) is 0 Å². The molecule has 7 nitrogen and oxygen atoms in total. The van der Waals surface area contributed by atoms with Crippen LogP contribution in [0.5, 0.6) is 0 Å². The van der Waals surface area contributed by atoms with Gasteiger partial charge in [0.25, 0.3) is 17.7 Å². The summed E-state index contributed by atoms with van der Waals surface area (Å²) in [6.07, 6.45) is 0. The van der Waals surface area contributed by atoms with Crippen LogP contribution in [0.25, 0.3) is 0 Å². The molecule has 0 spiro atoms. The summed E-state index contributed by atoms with van der Waals surface area (Å²) in [7, 11) is 0. The summed E-state index contributed by atoms with van der Waals surface area (Å²) in [5.41, 5.74) is 1.90. The zero-order valence-corrected chi connectivity index (χ0v) is 16.8. The van der Waals surface area contributed by atoms with Crippen LogP contribution >= 0.6 is 15.9 Å². The summed E-state index contributed by atoms with van der Waals surface area (Å²) in [6, 6.07) is 10.6. The lowest BCUT2D eigenvalue weighted by atomic mass is 10.1. The number of halogens is 1. The zero-order valence-electron chi connectivity index (χ0n) is 15.2. The molecule has 28 heavy (non-hydrogen) atoms. The molecule has 144 valence electrons. The van der Waals surface area contributed by atoms with E-state index in [1.54, 1.807) is 42.5 Å². The second-order valence-electron chi connectivity index (χ2n) is 6.37. The minimum atomic E-state index is -1.15. The normalized spacial score (nSPS) is 13.9. The molecule has 0 aromatic heterocycles. The van der Waals surface area contributed by atoms with E-state index in [1.807, 2.05) is 6.92 Å². The number of carbonyl (C=O) groups excluding carboxylic acids is 4. The molecular weight excluding hydrogens is 428 g/mol. The maximum absolute atomic E-state index is 12.5. The van der Waals surface area contributed by atoms with Crippen molar-refractivity contribution in [2.45, 2.75) is 19.9 Å². The Morgan fingerprint density at radius 3 is 2.39 bits per heavy atom. The van der Waals surface area contributed by atoms with Gasteiger partial charge in [-0.25, -0.2) is 4.79 Å². The van der Waals surface area contributed by atoms with E-state index in [-0.39, 0.29) is 11.1 Å². The SMILES string of the molecule is Cc1ccc2c(c1)C(=O)N(C(C)C(=O)OCC(=O)Nc1ccc(Br)cc1)C2=O. The Morgan fingerprint density at radius 2 is 1.71 bits per heavy atom. The molecule has 0 saturated heterocycles. The minimum Gasteiger partial charge on any atom is -0.454 e. The number of nitrogens with zero attached hydrogens (tertiary/aromatic N) is 1. The Balaban J connectivity index is 1.60. The standard InChI is InChI=1S/C20H17BrN2O5/c1-11-3-8-15-16(9-11)19(26)23(18(15)25)12(2)20(27)28-10-17(24)22-14-6-4-13(21)5-7-14/h3-9,12H,10H2,1-2H3,(H,22,24). The molecule has 1 unspecified atom stereocenters. The third-order valence-electron chi connectivity index (χ3n) is 4.28. The summed E-state index contributed by atoms with van der Waals surface area (Å²) < 4.78 is 5.85. The third kappa shape index (κ3) is 3.96. The van der Waals surface area contributed by atoms with E-state index in [0.29, 0.717) is 5.69 Å². The van der Waals surface area contributed by atoms with Crippen LogP contribution in [0.4, 0.5) is 5.69 Å². The molecular formula is C20H17BrN2O5. The highest BCUT2D eigenvalue weighted by molar-refractivity contribution is 9.10. The number of amides is 3. The van der Waals surface area contributed by atoms with Crippen LogP contribution in [0.1, 0.15) is 33.2 Å². The van der Waals surface area contributed by atoms with Gasteiger partial charge in [0.1, 0.15) is 6.04 Å². The lowest BCUT2D eigenvalue weighted by Crippen LogP contribution is -2.44. The van der Waals surface area contributed by atoms with E-state index in [0.717, 1.165) is 14.9 Å². The molecule has 0 aliphatic carbocycles. The van der Waals surface area contributed by atoms with Crippen LogP contribution in [0.2, 0.25) is 0 Å². The fourth-order valence-electron chi connectivity index (χ4n) is 2.82. The van der Waals surface area contributed by atoms with Gasteiger partial charge in [-0.15, -0.1) is 0 Å². The number of imide groups is 1. The van der Waals surface area contributed by atoms with E-state index in [2.05, 4.69) is 21.2 Å². The summed E-state index contributed by atoms with van der Waals surface area (Å²) >= 11 is 3.29. The topological polar surface area (TPSA) is 92.8 Å². The molecule has 8 heteroatoms. The fourth-order valence-corrected chi connectivity index (χ4v) is 3.08. The lowest BCUT2D eigenvalue weighted by molar-refractivity contribution is -0.150. The molecule has 0 bridgehead atoms. The Labute approximate surface area is 169 Å². The van der Waals surface area contributed by atoms with E-state index in [9.17, 15) is 19.2 Å². The monoisotopic (exact) mass is 444 g/mol. The number of anilines is 1. The van der Waals surface area contributed by atoms with Gasteiger partial charge in [-0.3, -0.25) is 19.3 Å². The highest BCUT2D eigenvalue weighted by Crippen LogP contribution is 2.26. The molecule has 1 atom stereocenters. The highest BCUT2D eigenvalue weighted by atomic mass is 79.9. The number of aryl methyl sites for hydroxylation is 1. The summed E-state index contributed by atoms with van der Waals surface area (Å²) in [5, 5.41) is 2.59. The molecule has 1 aliphatic rings. The fraction of sp³-hybridized carbons (Fsp3) is 0.200. The number of ether oxygens (including phenoxy) is 1. The van der Waals surface area contributed by atoms with Crippen molar-refractivity contribution in [3.8, 4) is 0 Å². The average molecular weight is 445 g/mol. The van der Waals surface area contributed by atoms with Crippen LogP contribution in [0.15, 0.2) is 46.9 Å². The summed E-state index contributed by atoms with van der Waals surface area (Å²) in [6.45, 7) is 2.67. The Bertz CT molecular complexity index is 971. The number of rotatable bonds is 5. The van der Waals surface area contributed by atoms with Gasteiger partial charge in [-0.1, -0.05) is 27.6 Å². The molecule has 3 rings (SSSR count). The van der Waals surface area contributed by atoms with Crippen molar-refractivity contribution in [1.29, 1.82) is 0 Å². The smallest absolute Gasteiger partial charge is 0.329 e. The highest BCUT2D eigenvalue weighted by Gasteiger charge is 2.41. The van der Waals surface area contributed by atoms with Crippen LogP contribution in [0, 0.1) is 6.92 Å². The lowest BCUT2D eigenvalue weighted by Gasteiger charge is -2.20. The van der Waals surface area contributed by atoms with Crippen molar-refractivity contribution in [2.75, 3.05) is 11.9 Å². The molecule has 1 aliphatic heterocycles. The molecule has 0 fully saturated rings. The first-order chi connectivity index (χ1) is 13.3. The first-order valence-corrected chi connectivity index (χ1v) is 9.28. The van der Waals surface area contributed by atoms with Gasteiger partial charge in [-0.05, 0) is 50.2 Å². The van der Waals surface area contributed by atoms with E-state index >= 15 is 0 Å². The van der Waals surface area contributed by atoms with E-state index in [1.165, 1.54) is 6.92 Å². The average Bonchev–Trinajstić information content (AvgIpc) is 2.91. The van der Waals surface area contributed by atoms with Gasteiger partial charge in [-0.2, -0.15) is 0 Å². The van der Waals surface area contributed by atoms with Crippen molar-refractivity contribution in [3.63, 3.8) is 0 Å². The van der Waals surface area contributed by atoms with Crippen LogP contribution < -0.4 is 5.32 Å². The van der Waals surface area contributed by atoms with Crippen LogP contribution in [-0.2, 0) is 14.3 Å². The van der Waals surface area contributed by atoms with Gasteiger partial charge >= 0.3 is 5.97 Å². The molecule has 2 aromatic rings. The number of benzene rings is 2. The number of fused-ring (bicyclic) bond motifs is 1. The number of hydrogen-bond donors (Lipinski definition) is 1. The predicted octanol–water partition coefficient (Wildman–Crippen LogP) is 2.92. The number of esters is 1. The Hall–Kier alpha value is -3.00. The quantitative estimate of drug-likeness (QED) is 0.565. The van der Waals surface area contributed by atoms with Crippen molar-refractivity contribution in [2.24, 2.45) is 0 Å². The molecule has 2 aromatic carbocycles. The molecule has 3 amide bonds. The number of carbonyl (C=O) groups is 4. The van der Waals surface area contributed by atoms with Gasteiger partial charge in [0.2, 0.25) is 0 Å². The number of nitrogens with one attached hydrogen (secondary N) is 1. The first-order valence-electron chi connectivity index (χ1n) is 8.48. The summed E-state index contributed by atoms with van der Waals surface area (Å²) in [4.78, 5) is 50.1. The second kappa shape index (κ2) is 7.93. The Morgan fingerprint density at radius 1 is 1.07 bits per heavy atom. The van der Waals surface area contributed by atoms with Crippen molar-refractivity contribution >= 4 is 45.3 Å². The predicted molar refractivity (Wildman–Crippen MR) is 105 cm³/mol. The van der Waals surface area contributed by atoms with E-state index < -0.39 is 36.3 Å². The minimum absolute atomic E-state index is 0.253. The van der Waals surface area contributed by atoms with Crippen molar-refractivity contribution < 1.29 is 23.9 Å². The second-order valence-corrected chi connectivity index (χ2v) is 7.28. The molecule has 1 heterocycles. The molecule has 0 saturated carbocycles. The maximum atomic E-state index is 12.5. The van der Waals surface area contributed by atoms with Gasteiger partial charge < -0.3 is 10.1 Å². The maximum Gasteiger partial charge on any atom is 0.329 e. The van der Waals surface area contributed by atoms with Crippen molar-refractivity contribution in [3.05, 3.63) is 63.6 Å². The summed E-state index contributed by atoms with van der Waals surface area (Å²) in [5.74, 6) is -2.46. The van der Waals surface area contributed by atoms with Gasteiger partial charge in [0.15, 0.2) is 6.61 Å². The van der Waals surface area contributed by atoms with Crippen molar-refractivity contribution in [1.82, 2.24) is 4.90 Å². The van der Waals surface area contributed by atoms with Crippen LogP contribution in [-0.4, -0.2) is 41.2 Å². The van der Waals surface area contributed by atoms with E-state index in [4.69, 9.17) is 4.74 Å². The molecule has 1 N–H and O–H groups in total. The first kappa shape index (κ1) is 19.8.